The predicted octanol–water partition coefficient (Wildman–Crippen LogP) is 5.25. The largest absolute Gasteiger partial charge is 0.321 e. The van der Waals surface area contributed by atoms with Crippen molar-refractivity contribution in [3.63, 3.8) is 0 Å². The Kier molecular flexibility index (Phi) is 3.66. The molecule has 0 spiro atoms. The van der Waals surface area contributed by atoms with E-state index in [0.717, 1.165) is 15.6 Å². The van der Waals surface area contributed by atoms with Crippen molar-refractivity contribution in [1.82, 2.24) is 0 Å². The van der Waals surface area contributed by atoms with Gasteiger partial charge < -0.3 is 5.32 Å². The van der Waals surface area contributed by atoms with Gasteiger partial charge in [0.2, 0.25) is 0 Å². The molecule has 0 unspecified atom stereocenters. The Labute approximate surface area is 130 Å². The van der Waals surface area contributed by atoms with Gasteiger partial charge in [-0.1, -0.05) is 23.7 Å². The SMILES string of the molecule is Cc1ccc2c(Cl)c(C(=O)Nc3ccc(F)cc3)sc2c1. The molecule has 0 atom stereocenters. The second kappa shape index (κ2) is 5.47. The summed E-state index contributed by atoms with van der Waals surface area (Å²) in [7, 11) is 0. The first-order valence-electron chi connectivity index (χ1n) is 6.30. The normalized spacial score (nSPS) is 10.8. The van der Waals surface area contributed by atoms with E-state index in [9.17, 15) is 9.18 Å². The number of halogens is 2. The molecule has 0 fully saturated rings. The molecule has 5 heteroatoms. The number of benzene rings is 2. The summed E-state index contributed by atoms with van der Waals surface area (Å²) >= 11 is 7.64. The summed E-state index contributed by atoms with van der Waals surface area (Å²) in [6.07, 6.45) is 0. The quantitative estimate of drug-likeness (QED) is 0.686. The maximum atomic E-state index is 12.9. The molecular weight excluding hydrogens is 309 g/mol. The molecule has 2 nitrogen and oxygen atoms in total. The maximum Gasteiger partial charge on any atom is 0.267 e. The third-order valence-corrected chi connectivity index (χ3v) is 4.75. The highest BCUT2D eigenvalue weighted by Gasteiger charge is 2.17. The minimum absolute atomic E-state index is 0.287. The van der Waals surface area contributed by atoms with Crippen molar-refractivity contribution >= 4 is 44.6 Å². The predicted molar refractivity (Wildman–Crippen MR) is 85.9 cm³/mol. The number of fused-ring (bicyclic) bond motifs is 1. The van der Waals surface area contributed by atoms with Gasteiger partial charge in [0.15, 0.2) is 0 Å². The fourth-order valence-electron chi connectivity index (χ4n) is 2.04. The van der Waals surface area contributed by atoms with E-state index < -0.39 is 0 Å². The fraction of sp³-hybridized carbons (Fsp3) is 0.0625. The number of aryl methyl sites for hydroxylation is 1. The van der Waals surface area contributed by atoms with Crippen LogP contribution in [0.2, 0.25) is 5.02 Å². The standard InChI is InChI=1S/C16H11ClFNOS/c1-9-2-7-12-13(8-9)21-15(14(12)17)16(20)19-11-5-3-10(18)4-6-11/h2-8H,1H3,(H,19,20). The van der Waals surface area contributed by atoms with E-state index in [2.05, 4.69) is 5.32 Å². The Morgan fingerprint density at radius 1 is 1.19 bits per heavy atom. The molecule has 0 aliphatic rings. The van der Waals surface area contributed by atoms with Gasteiger partial charge in [-0.3, -0.25) is 4.79 Å². The number of nitrogens with one attached hydrogen (secondary N) is 1. The Bertz CT molecular complexity index is 826. The van der Waals surface area contributed by atoms with Crippen LogP contribution in [0.25, 0.3) is 10.1 Å². The molecule has 0 saturated heterocycles. The summed E-state index contributed by atoms with van der Waals surface area (Å²) in [5, 5.41) is 4.05. The lowest BCUT2D eigenvalue weighted by molar-refractivity contribution is 0.103. The molecule has 21 heavy (non-hydrogen) atoms. The van der Waals surface area contributed by atoms with E-state index in [4.69, 9.17) is 11.6 Å². The van der Waals surface area contributed by atoms with Gasteiger partial charge in [-0.2, -0.15) is 0 Å². The van der Waals surface area contributed by atoms with Gasteiger partial charge in [0.05, 0.1) is 5.02 Å². The average molecular weight is 320 g/mol. The van der Waals surface area contributed by atoms with Crippen LogP contribution in [0, 0.1) is 12.7 Å². The minimum Gasteiger partial charge on any atom is -0.321 e. The van der Waals surface area contributed by atoms with Crippen LogP contribution in [0.1, 0.15) is 15.2 Å². The van der Waals surface area contributed by atoms with Crippen molar-refractivity contribution < 1.29 is 9.18 Å². The van der Waals surface area contributed by atoms with Crippen LogP contribution < -0.4 is 5.32 Å². The smallest absolute Gasteiger partial charge is 0.267 e. The van der Waals surface area contributed by atoms with Crippen molar-refractivity contribution in [2.45, 2.75) is 6.92 Å². The number of hydrogen-bond acceptors (Lipinski definition) is 2. The summed E-state index contributed by atoms with van der Waals surface area (Å²) in [6, 6.07) is 11.5. The zero-order chi connectivity index (χ0) is 15.0. The number of amides is 1. The van der Waals surface area contributed by atoms with Crippen molar-refractivity contribution in [1.29, 1.82) is 0 Å². The summed E-state index contributed by atoms with van der Waals surface area (Å²) in [6.45, 7) is 1.99. The van der Waals surface area contributed by atoms with Crippen molar-refractivity contribution in [3.8, 4) is 0 Å². The molecule has 0 saturated carbocycles. The molecule has 1 N–H and O–H groups in total. The summed E-state index contributed by atoms with van der Waals surface area (Å²) < 4.78 is 13.8. The van der Waals surface area contributed by atoms with Gasteiger partial charge in [0.25, 0.3) is 5.91 Å². The topological polar surface area (TPSA) is 29.1 Å². The lowest BCUT2D eigenvalue weighted by atomic mass is 10.2. The third-order valence-electron chi connectivity index (χ3n) is 3.09. The molecule has 3 aromatic rings. The molecule has 106 valence electrons. The highest BCUT2D eigenvalue weighted by atomic mass is 35.5. The summed E-state index contributed by atoms with van der Waals surface area (Å²) in [5.74, 6) is -0.631. The first kappa shape index (κ1) is 14.0. The molecular formula is C16H11ClFNOS. The summed E-state index contributed by atoms with van der Waals surface area (Å²) in [4.78, 5) is 12.8. The lowest BCUT2D eigenvalue weighted by Crippen LogP contribution is -2.10. The van der Waals surface area contributed by atoms with E-state index in [0.29, 0.717) is 15.6 Å². The van der Waals surface area contributed by atoms with Gasteiger partial charge >= 0.3 is 0 Å². The van der Waals surface area contributed by atoms with E-state index in [1.54, 1.807) is 0 Å². The van der Waals surface area contributed by atoms with E-state index in [1.807, 2.05) is 25.1 Å². The number of carbonyl (C=O) groups is 1. The second-order valence-corrected chi connectivity index (χ2v) is 6.14. The molecule has 2 aromatic carbocycles. The van der Waals surface area contributed by atoms with Crippen LogP contribution in [0.4, 0.5) is 10.1 Å². The molecule has 1 amide bonds. The molecule has 0 aliphatic carbocycles. The Morgan fingerprint density at radius 3 is 2.62 bits per heavy atom. The third kappa shape index (κ3) is 2.77. The van der Waals surface area contributed by atoms with E-state index in [-0.39, 0.29) is 11.7 Å². The van der Waals surface area contributed by atoms with Gasteiger partial charge in [-0.15, -0.1) is 11.3 Å². The van der Waals surface area contributed by atoms with Gasteiger partial charge in [0, 0.05) is 15.8 Å². The maximum absolute atomic E-state index is 12.9. The number of rotatable bonds is 2. The Hall–Kier alpha value is -1.91. The summed E-state index contributed by atoms with van der Waals surface area (Å²) in [5.41, 5.74) is 1.65. The fourth-order valence-corrected chi connectivity index (χ4v) is 3.55. The van der Waals surface area contributed by atoms with Crippen molar-refractivity contribution in [2.24, 2.45) is 0 Å². The Balaban J connectivity index is 1.94. The average Bonchev–Trinajstić information content (AvgIpc) is 2.78. The van der Waals surface area contributed by atoms with Crippen LogP contribution >= 0.6 is 22.9 Å². The van der Waals surface area contributed by atoms with E-state index >= 15 is 0 Å². The van der Waals surface area contributed by atoms with Crippen LogP contribution in [-0.2, 0) is 0 Å². The zero-order valence-corrected chi connectivity index (χ0v) is 12.7. The van der Waals surface area contributed by atoms with E-state index in [1.165, 1.54) is 35.6 Å². The first-order chi connectivity index (χ1) is 10.0. The van der Waals surface area contributed by atoms with Gasteiger partial charge in [-0.25, -0.2) is 4.39 Å². The number of hydrogen-bond donors (Lipinski definition) is 1. The molecule has 0 radical (unpaired) electrons. The van der Waals surface area contributed by atoms with Crippen LogP contribution in [0.15, 0.2) is 42.5 Å². The van der Waals surface area contributed by atoms with Crippen molar-refractivity contribution in [2.75, 3.05) is 5.32 Å². The van der Waals surface area contributed by atoms with Gasteiger partial charge in [-0.05, 0) is 42.8 Å². The van der Waals surface area contributed by atoms with Crippen molar-refractivity contribution in [3.05, 3.63) is 63.7 Å². The number of carbonyl (C=O) groups excluding carboxylic acids is 1. The van der Waals surface area contributed by atoms with Crippen LogP contribution in [0.3, 0.4) is 0 Å². The number of thiophene rings is 1. The molecule has 1 aromatic heterocycles. The Morgan fingerprint density at radius 2 is 1.90 bits per heavy atom. The van der Waals surface area contributed by atoms with Gasteiger partial charge in [0.1, 0.15) is 10.7 Å². The second-order valence-electron chi connectivity index (χ2n) is 4.71. The monoisotopic (exact) mass is 319 g/mol. The molecule has 0 aliphatic heterocycles. The minimum atomic E-state index is -0.344. The highest BCUT2D eigenvalue weighted by Crippen LogP contribution is 2.36. The van der Waals surface area contributed by atoms with Crippen LogP contribution in [0.5, 0.6) is 0 Å². The molecule has 3 rings (SSSR count). The lowest BCUT2D eigenvalue weighted by Gasteiger charge is -2.03. The number of anilines is 1. The molecule has 0 bridgehead atoms. The zero-order valence-electron chi connectivity index (χ0n) is 11.1. The van der Waals surface area contributed by atoms with Crippen LogP contribution in [-0.4, -0.2) is 5.91 Å². The highest BCUT2D eigenvalue weighted by molar-refractivity contribution is 7.21. The molecule has 1 heterocycles. The first-order valence-corrected chi connectivity index (χ1v) is 7.49.